The number of hydrogen-bond donors (Lipinski definition) is 1. The predicted molar refractivity (Wildman–Crippen MR) is 99.3 cm³/mol. The van der Waals surface area contributed by atoms with Crippen LogP contribution in [0.3, 0.4) is 0 Å². The molecule has 25 heavy (non-hydrogen) atoms. The van der Waals surface area contributed by atoms with Gasteiger partial charge >= 0.3 is 0 Å². The normalized spacial score (nSPS) is 11.1. The monoisotopic (exact) mass is 353 g/mol. The largest absolute Gasteiger partial charge is 0.392 e. The van der Waals surface area contributed by atoms with E-state index in [0.717, 1.165) is 21.7 Å². The van der Waals surface area contributed by atoms with Crippen LogP contribution in [-0.2, 0) is 17.9 Å². The number of aromatic nitrogens is 2. The van der Waals surface area contributed by atoms with Crippen molar-refractivity contribution in [3.63, 3.8) is 0 Å². The Morgan fingerprint density at radius 1 is 1.32 bits per heavy atom. The van der Waals surface area contributed by atoms with Gasteiger partial charge in [-0.25, -0.2) is 4.68 Å². The third-order valence-corrected chi connectivity index (χ3v) is 4.69. The Balaban J connectivity index is 1.59. The number of nitrogens with zero attached hydrogens (tertiary/aromatic N) is 3. The molecule has 0 fully saturated rings. The van der Waals surface area contributed by atoms with Crippen molar-refractivity contribution in [1.29, 1.82) is 0 Å². The van der Waals surface area contributed by atoms with E-state index in [-0.39, 0.29) is 12.5 Å². The van der Waals surface area contributed by atoms with Crippen molar-refractivity contribution in [2.45, 2.75) is 13.2 Å². The summed E-state index contributed by atoms with van der Waals surface area (Å²) >= 11 is 1.51. The fourth-order valence-electron chi connectivity index (χ4n) is 2.37. The number of likely N-dealkylation sites (N-methyl/N-ethyl adjacent to an activating group) is 1. The lowest BCUT2D eigenvalue weighted by Crippen LogP contribution is -2.24. The van der Waals surface area contributed by atoms with Gasteiger partial charge in [0.1, 0.15) is 0 Å². The Labute approximate surface area is 150 Å². The van der Waals surface area contributed by atoms with E-state index in [4.69, 9.17) is 5.11 Å². The molecule has 128 valence electrons. The molecule has 0 radical (unpaired) electrons. The maximum absolute atomic E-state index is 12.2. The summed E-state index contributed by atoms with van der Waals surface area (Å²) in [5, 5.41) is 15.1. The van der Waals surface area contributed by atoms with Gasteiger partial charge in [0.25, 0.3) is 0 Å². The van der Waals surface area contributed by atoms with Gasteiger partial charge in [-0.15, -0.1) is 11.3 Å². The quantitative estimate of drug-likeness (QED) is 0.693. The summed E-state index contributed by atoms with van der Waals surface area (Å²) in [6.45, 7) is 0.557. The molecular formula is C19H19N3O2S. The molecule has 0 unspecified atom stereocenters. The molecule has 2 aromatic heterocycles. The number of amides is 1. The Hall–Kier alpha value is -2.70. The van der Waals surface area contributed by atoms with E-state index in [2.05, 4.69) is 5.10 Å². The lowest BCUT2D eigenvalue weighted by atomic mass is 10.2. The topological polar surface area (TPSA) is 58.4 Å². The summed E-state index contributed by atoms with van der Waals surface area (Å²) in [5.74, 6) is -0.0601. The first kappa shape index (κ1) is 17.1. The van der Waals surface area contributed by atoms with Gasteiger partial charge in [0.05, 0.1) is 12.3 Å². The van der Waals surface area contributed by atoms with Crippen LogP contribution >= 0.6 is 11.3 Å². The highest BCUT2D eigenvalue weighted by Gasteiger charge is 2.06. The highest BCUT2D eigenvalue weighted by atomic mass is 32.1. The Morgan fingerprint density at radius 3 is 2.76 bits per heavy atom. The van der Waals surface area contributed by atoms with Crippen molar-refractivity contribution in [3.8, 4) is 5.69 Å². The summed E-state index contributed by atoms with van der Waals surface area (Å²) < 4.78 is 1.79. The summed E-state index contributed by atoms with van der Waals surface area (Å²) in [5.41, 5.74) is 2.90. The highest BCUT2D eigenvalue weighted by molar-refractivity contribution is 7.11. The van der Waals surface area contributed by atoms with Crippen molar-refractivity contribution in [2.24, 2.45) is 0 Å². The van der Waals surface area contributed by atoms with Gasteiger partial charge in [0.2, 0.25) is 5.91 Å². The first-order chi connectivity index (χ1) is 12.2. The number of rotatable bonds is 6. The van der Waals surface area contributed by atoms with E-state index in [1.165, 1.54) is 11.3 Å². The van der Waals surface area contributed by atoms with Gasteiger partial charge in [-0.1, -0.05) is 12.1 Å². The maximum atomic E-state index is 12.2. The molecule has 0 saturated carbocycles. The Bertz CT molecular complexity index is 851. The van der Waals surface area contributed by atoms with Crippen LogP contribution in [0.2, 0.25) is 0 Å². The number of aliphatic hydroxyl groups excluding tert-OH is 1. The summed E-state index contributed by atoms with van der Waals surface area (Å²) in [6.07, 6.45) is 6.97. The van der Waals surface area contributed by atoms with Gasteiger partial charge in [0, 0.05) is 36.9 Å². The summed E-state index contributed by atoms with van der Waals surface area (Å²) in [7, 11) is 1.78. The molecule has 3 rings (SSSR count). The molecule has 0 aliphatic carbocycles. The minimum Gasteiger partial charge on any atom is -0.392 e. The van der Waals surface area contributed by atoms with Crippen LogP contribution in [0.5, 0.6) is 0 Å². The molecule has 0 aliphatic rings. The van der Waals surface area contributed by atoms with E-state index in [1.807, 2.05) is 48.0 Å². The second-order valence-electron chi connectivity index (χ2n) is 5.66. The van der Waals surface area contributed by atoms with E-state index < -0.39 is 0 Å². The third-order valence-electron chi connectivity index (χ3n) is 3.75. The van der Waals surface area contributed by atoms with Crippen LogP contribution < -0.4 is 0 Å². The number of thiophene rings is 1. The molecule has 0 aliphatic heterocycles. The maximum Gasteiger partial charge on any atom is 0.246 e. The molecule has 1 N–H and O–H groups in total. The zero-order chi connectivity index (χ0) is 17.6. The number of benzene rings is 1. The molecule has 0 atom stereocenters. The molecular weight excluding hydrogens is 334 g/mol. The lowest BCUT2D eigenvalue weighted by Gasteiger charge is -2.15. The van der Waals surface area contributed by atoms with Crippen molar-refractivity contribution in [1.82, 2.24) is 14.7 Å². The van der Waals surface area contributed by atoms with Gasteiger partial charge in [-0.05, 0) is 46.8 Å². The molecule has 2 heterocycles. The van der Waals surface area contributed by atoms with Gasteiger partial charge in [-0.2, -0.15) is 5.10 Å². The molecule has 1 amide bonds. The van der Waals surface area contributed by atoms with Crippen LogP contribution in [-0.4, -0.2) is 32.7 Å². The SMILES string of the molecule is CN(Cc1ccc(-n2cccn2)cc1)C(=O)C=Cc1cc(CO)cs1. The minimum absolute atomic E-state index is 0.0206. The fraction of sp³-hybridized carbons (Fsp3) is 0.158. The third kappa shape index (κ3) is 4.43. The second kappa shape index (κ2) is 7.92. The minimum atomic E-state index is -0.0601. The van der Waals surface area contributed by atoms with E-state index in [0.29, 0.717) is 6.54 Å². The molecule has 6 heteroatoms. The van der Waals surface area contributed by atoms with Crippen molar-refractivity contribution < 1.29 is 9.90 Å². The van der Waals surface area contributed by atoms with Crippen LogP contribution in [0, 0.1) is 0 Å². The van der Waals surface area contributed by atoms with E-state index in [9.17, 15) is 4.79 Å². The van der Waals surface area contributed by atoms with Crippen molar-refractivity contribution >= 4 is 23.3 Å². The average Bonchev–Trinajstić information content (AvgIpc) is 3.32. The first-order valence-corrected chi connectivity index (χ1v) is 8.74. The first-order valence-electron chi connectivity index (χ1n) is 7.86. The second-order valence-corrected chi connectivity index (χ2v) is 6.60. The fourth-order valence-corrected chi connectivity index (χ4v) is 3.17. The summed E-state index contributed by atoms with van der Waals surface area (Å²) in [6, 6.07) is 11.7. The molecule has 1 aromatic carbocycles. The molecule has 0 spiro atoms. The van der Waals surface area contributed by atoms with Gasteiger partial charge in [0.15, 0.2) is 0 Å². The van der Waals surface area contributed by atoms with Crippen LogP contribution in [0.4, 0.5) is 0 Å². The lowest BCUT2D eigenvalue weighted by molar-refractivity contribution is -0.125. The number of carbonyl (C=O) groups is 1. The number of aliphatic hydroxyl groups is 1. The number of hydrogen-bond acceptors (Lipinski definition) is 4. The highest BCUT2D eigenvalue weighted by Crippen LogP contribution is 2.16. The predicted octanol–water partition coefficient (Wildman–Crippen LogP) is 3.10. The molecule has 5 nitrogen and oxygen atoms in total. The summed E-state index contributed by atoms with van der Waals surface area (Å²) in [4.78, 5) is 14.9. The standard InChI is InChI=1S/C19H19N3O2S/c1-21(19(24)8-7-18-11-16(13-23)14-25-18)12-15-3-5-17(6-4-15)22-10-2-9-20-22/h2-11,14,23H,12-13H2,1H3. The van der Waals surface area contributed by atoms with Crippen LogP contribution in [0.25, 0.3) is 11.8 Å². The van der Waals surface area contributed by atoms with Crippen LogP contribution in [0.15, 0.2) is 60.2 Å². The average molecular weight is 353 g/mol. The van der Waals surface area contributed by atoms with Gasteiger partial charge < -0.3 is 10.0 Å². The number of carbonyl (C=O) groups excluding carboxylic acids is 1. The zero-order valence-electron chi connectivity index (χ0n) is 13.9. The van der Waals surface area contributed by atoms with Crippen molar-refractivity contribution in [2.75, 3.05) is 7.05 Å². The molecule has 0 saturated heterocycles. The van der Waals surface area contributed by atoms with Gasteiger partial charge in [-0.3, -0.25) is 4.79 Å². The van der Waals surface area contributed by atoms with Crippen molar-refractivity contribution in [3.05, 3.63) is 76.3 Å². The molecule has 3 aromatic rings. The van der Waals surface area contributed by atoms with Crippen LogP contribution in [0.1, 0.15) is 16.0 Å². The molecule has 0 bridgehead atoms. The smallest absolute Gasteiger partial charge is 0.246 e. The van der Waals surface area contributed by atoms with E-state index in [1.54, 1.807) is 35.0 Å². The zero-order valence-corrected chi connectivity index (χ0v) is 14.7. The Morgan fingerprint density at radius 2 is 2.12 bits per heavy atom. The van der Waals surface area contributed by atoms with E-state index >= 15 is 0 Å². The Kier molecular flexibility index (Phi) is 5.42.